The van der Waals surface area contributed by atoms with E-state index in [9.17, 15) is 22.8 Å². The first-order chi connectivity index (χ1) is 17.7. The average Bonchev–Trinajstić information content (AvgIpc) is 3.06. The summed E-state index contributed by atoms with van der Waals surface area (Å²) in [5, 5.41) is 2.71. The maximum atomic E-state index is 13.3. The summed E-state index contributed by atoms with van der Waals surface area (Å²) < 4.78 is 38.4. The molecule has 1 unspecified atom stereocenters. The molecule has 2 fully saturated rings. The van der Waals surface area contributed by atoms with Gasteiger partial charge in [0.15, 0.2) is 11.5 Å². The first-order valence-electron chi connectivity index (χ1n) is 12.1. The Labute approximate surface area is 215 Å². The average molecular weight is 529 g/mol. The smallest absolute Gasteiger partial charge is 0.325 e. The van der Waals surface area contributed by atoms with E-state index in [0.717, 1.165) is 11.3 Å². The SMILES string of the molecule is CC1(c2ccc3c(c2)OCCCO3)NC(=O)N(CC(=O)N2CCN(S(=O)(=O)c3ccccc3)CC2)C1=O. The minimum atomic E-state index is -3.66. The molecule has 0 spiro atoms. The van der Waals surface area contributed by atoms with Crippen LogP contribution in [0.2, 0.25) is 0 Å². The molecule has 196 valence electrons. The number of hydrogen-bond acceptors (Lipinski definition) is 7. The van der Waals surface area contributed by atoms with Crippen molar-refractivity contribution in [3.8, 4) is 11.5 Å². The lowest BCUT2D eigenvalue weighted by Gasteiger charge is -2.34. The Morgan fingerprint density at radius 3 is 2.35 bits per heavy atom. The number of ether oxygens (including phenoxy) is 2. The summed E-state index contributed by atoms with van der Waals surface area (Å²) in [7, 11) is -3.66. The highest BCUT2D eigenvalue weighted by atomic mass is 32.2. The molecule has 2 saturated heterocycles. The van der Waals surface area contributed by atoms with E-state index in [1.165, 1.54) is 21.3 Å². The van der Waals surface area contributed by atoms with E-state index < -0.39 is 40.0 Å². The van der Waals surface area contributed by atoms with Crippen LogP contribution >= 0.6 is 0 Å². The van der Waals surface area contributed by atoms with E-state index in [-0.39, 0.29) is 31.1 Å². The Kier molecular flexibility index (Phi) is 6.54. The molecule has 1 atom stereocenters. The van der Waals surface area contributed by atoms with E-state index >= 15 is 0 Å². The van der Waals surface area contributed by atoms with E-state index in [0.29, 0.717) is 30.3 Å². The highest BCUT2D eigenvalue weighted by Gasteiger charge is 2.50. The van der Waals surface area contributed by atoms with Gasteiger partial charge in [0, 0.05) is 32.6 Å². The van der Waals surface area contributed by atoms with Crippen molar-refractivity contribution >= 4 is 27.9 Å². The molecule has 0 aliphatic carbocycles. The van der Waals surface area contributed by atoms with Crippen molar-refractivity contribution in [1.82, 2.24) is 19.4 Å². The number of sulfonamides is 1. The Balaban J connectivity index is 1.24. The number of piperazine rings is 1. The van der Waals surface area contributed by atoms with Gasteiger partial charge in [0.05, 0.1) is 18.1 Å². The third-order valence-corrected chi connectivity index (χ3v) is 8.78. The lowest BCUT2D eigenvalue weighted by Crippen LogP contribution is -2.53. The number of carbonyl (C=O) groups is 3. The third kappa shape index (κ3) is 4.62. The number of carbonyl (C=O) groups excluding carboxylic acids is 3. The number of nitrogens with zero attached hydrogens (tertiary/aromatic N) is 3. The number of urea groups is 1. The Hall–Kier alpha value is -3.64. The van der Waals surface area contributed by atoms with Gasteiger partial charge in [-0.05, 0) is 36.8 Å². The summed E-state index contributed by atoms with van der Waals surface area (Å²) in [5.41, 5.74) is -0.852. The van der Waals surface area contributed by atoms with Crippen molar-refractivity contribution in [2.75, 3.05) is 45.9 Å². The Morgan fingerprint density at radius 2 is 1.65 bits per heavy atom. The molecule has 1 N–H and O–H groups in total. The quantitative estimate of drug-likeness (QED) is 0.577. The topological polar surface area (TPSA) is 126 Å². The van der Waals surface area contributed by atoms with Gasteiger partial charge in [0.2, 0.25) is 15.9 Å². The molecule has 0 radical (unpaired) electrons. The monoisotopic (exact) mass is 528 g/mol. The van der Waals surface area contributed by atoms with E-state index in [2.05, 4.69) is 5.32 Å². The molecule has 37 heavy (non-hydrogen) atoms. The number of fused-ring (bicyclic) bond motifs is 1. The summed E-state index contributed by atoms with van der Waals surface area (Å²) in [6.07, 6.45) is 0.735. The number of benzene rings is 2. The maximum absolute atomic E-state index is 13.3. The molecule has 12 heteroatoms. The van der Waals surface area contributed by atoms with Crippen LogP contribution in [-0.4, -0.2) is 86.3 Å². The predicted molar refractivity (Wildman–Crippen MR) is 131 cm³/mol. The molecular formula is C25H28N4O7S. The maximum Gasteiger partial charge on any atom is 0.325 e. The van der Waals surface area contributed by atoms with Gasteiger partial charge in [-0.15, -0.1) is 0 Å². The van der Waals surface area contributed by atoms with Crippen LogP contribution in [0.4, 0.5) is 4.79 Å². The second kappa shape index (κ2) is 9.67. The summed E-state index contributed by atoms with van der Waals surface area (Å²) in [6, 6.07) is 12.5. The molecule has 3 aliphatic rings. The minimum Gasteiger partial charge on any atom is -0.490 e. The molecule has 2 aromatic carbocycles. The van der Waals surface area contributed by atoms with Crippen molar-refractivity contribution in [1.29, 1.82) is 0 Å². The van der Waals surface area contributed by atoms with Crippen LogP contribution < -0.4 is 14.8 Å². The second-order valence-corrected chi connectivity index (χ2v) is 11.2. The van der Waals surface area contributed by atoms with Crippen LogP contribution in [0, 0.1) is 0 Å². The van der Waals surface area contributed by atoms with Gasteiger partial charge >= 0.3 is 6.03 Å². The molecule has 0 saturated carbocycles. The Morgan fingerprint density at radius 1 is 0.973 bits per heavy atom. The van der Waals surface area contributed by atoms with Gasteiger partial charge in [0.1, 0.15) is 12.1 Å². The molecule has 0 aromatic heterocycles. The zero-order valence-corrected chi connectivity index (χ0v) is 21.2. The highest BCUT2D eigenvalue weighted by molar-refractivity contribution is 7.89. The van der Waals surface area contributed by atoms with E-state index in [4.69, 9.17) is 9.47 Å². The second-order valence-electron chi connectivity index (χ2n) is 9.26. The van der Waals surface area contributed by atoms with Crippen molar-refractivity contribution < 1.29 is 32.3 Å². The number of imide groups is 1. The summed E-state index contributed by atoms with van der Waals surface area (Å²) in [4.78, 5) is 41.7. The molecule has 0 bridgehead atoms. The van der Waals surface area contributed by atoms with E-state index in [1.54, 1.807) is 43.3 Å². The van der Waals surface area contributed by atoms with Crippen molar-refractivity contribution in [3.63, 3.8) is 0 Å². The largest absolute Gasteiger partial charge is 0.490 e. The normalized spacial score (nSPS) is 22.5. The third-order valence-electron chi connectivity index (χ3n) is 6.87. The summed E-state index contributed by atoms with van der Waals surface area (Å²) >= 11 is 0. The van der Waals surface area contributed by atoms with Crippen LogP contribution in [0.15, 0.2) is 53.4 Å². The zero-order chi connectivity index (χ0) is 26.2. The molecule has 4 amide bonds. The standard InChI is InChI=1S/C25H28N4O7S/c1-25(18-8-9-20-21(16-18)36-15-5-14-35-20)23(31)29(24(32)26-25)17-22(30)27-10-12-28(13-11-27)37(33,34)19-6-3-2-4-7-19/h2-4,6-9,16H,5,10-15,17H2,1H3,(H,26,32). The molecule has 11 nitrogen and oxygen atoms in total. The Bertz CT molecular complexity index is 1330. The fraction of sp³-hybridized carbons (Fsp3) is 0.400. The van der Waals surface area contributed by atoms with Gasteiger partial charge in [0.25, 0.3) is 5.91 Å². The van der Waals surface area contributed by atoms with Gasteiger partial charge in [-0.2, -0.15) is 4.31 Å². The fourth-order valence-corrected chi connectivity index (χ4v) is 6.11. The molecule has 2 aromatic rings. The molecule has 3 heterocycles. The first-order valence-corrected chi connectivity index (χ1v) is 13.5. The number of rotatable bonds is 5. The number of hydrogen-bond donors (Lipinski definition) is 1. The number of nitrogens with one attached hydrogen (secondary N) is 1. The van der Waals surface area contributed by atoms with Gasteiger partial charge in [-0.3, -0.25) is 14.5 Å². The van der Waals surface area contributed by atoms with Crippen LogP contribution in [-0.2, 0) is 25.2 Å². The lowest BCUT2D eigenvalue weighted by molar-refractivity contribution is -0.139. The van der Waals surface area contributed by atoms with Crippen molar-refractivity contribution in [2.24, 2.45) is 0 Å². The number of amides is 4. The predicted octanol–water partition coefficient (Wildman–Crippen LogP) is 1.15. The van der Waals surface area contributed by atoms with Crippen molar-refractivity contribution in [3.05, 3.63) is 54.1 Å². The summed E-state index contributed by atoms with van der Waals surface area (Å²) in [6.45, 7) is 2.73. The van der Waals surface area contributed by atoms with Crippen molar-refractivity contribution in [2.45, 2.75) is 23.8 Å². The van der Waals surface area contributed by atoms with Gasteiger partial charge < -0.3 is 19.7 Å². The first kappa shape index (κ1) is 25.0. The van der Waals surface area contributed by atoms with Crippen LogP contribution in [0.5, 0.6) is 11.5 Å². The lowest BCUT2D eigenvalue weighted by atomic mass is 9.91. The van der Waals surface area contributed by atoms with Gasteiger partial charge in [-0.1, -0.05) is 24.3 Å². The van der Waals surface area contributed by atoms with Crippen LogP contribution in [0.1, 0.15) is 18.9 Å². The molecular weight excluding hydrogens is 500 g/mol. The zero-order valence-electron chi connectivity index (χ0n) is 20.4. The molecule has 5 rings (SSSR count). The summed E-state index contributed by atoms with van der Waals surface area (Å²) in [5.74, 6) is 0.0898. The molecule has 3 aliphatic heterocycles. The fourth-order valence-electron chi connectivity index (χ4n) is 4.67. The van der Waals surface area contributed by atoms with Crippen LogP contribution in [0.25, 0.3) is 0 Å². The van der Waals surface area contributed by atoms with E-state index in [1.807, 2.05) is 0 Å². The minimum absolute atomic E-state index is 0.123. The van der Waals surface area contributed by atoms with Gasteiger partial charge in [-0.25, -0.2) is 13.2 Å². The highest BCUT2D eigenvalue weighted by Crippen LogP contribution is 2.36. The van der Waals surface area contributed by atoms with Crippen LogP contribution in [0.3, 0.4) is 0 Å².